The molecule has 0 saturated heterocycles. The lowest BCUT2D eigenvalue weighted by Crippen LogP contribution is -2.11. The van der Waals surface area contributed by atoms with Crippen LogP contribution in [0.3, 0.4) is 0 Å². The number of amidine groups is 1. The number of aryl methyl sites for hydroxylation is 1. The average molecular weight is 305 g/mol. The van der Waals surface area contributed by atoms with Crippen LogP contribution in [0, 0.1) is 5.41 Å². The molecular formula is C15H19N3O2S. The Hall–Kier alpha value is -2.08. The molecule has 0 fully saturated rings. The number of benzene rings is 1. The molecule has 0 aliphatic heterocycles. The van der Waals surface area contributed by atoms with Crippen LogP contribution in [0.25, 0.3) is 10.6 Å². The van der Waals surface area contributed by atoms with E-state index < -0.39 is 0 Å². The number of rotatable bonds is 6. The van der Waals surface area contributed by atoms with E-state index in [0.717, 1.165) is 34.0 Å². The van der Waals surface area contributed by atoms with Crippen LogP contribution in [0.15, 0.2) is 18.2 Å². The molecule has 2 aromatic rings. The van der Waals surface area contributed by atoms with Gasteiger partial charge >= 0.3 is 0 Å². The van der Waals surface area contributed by atoms with Crippen molar-refractivity contribution < 1.29 is 9.47 Å². The lowest BCUT2D eigenvalue weighted by molar-refractivity contribution is 0.356. The summed E-state index contributed by atoms with van der Waals surface area (Å²) in [6.45, 7) is 2.08. The second-order valence-electron chi connectivity index (χ2n) is 4.50. The van der Waals surface area contributed by atoms with Gasteiger partial charge in [0.2, 0.25) is 0 Å². The molecule has 1 heterocycles. The van der Waals surface area contributed by atoms with E-state index in [1.165, 1.54) is 11.3 Å². The van der Waals surface area contributed by atoms with E-state index in [0.29, 0.717) is 11.5 Å². The van der Waals surface area contributed by atoms with Crippen molar-refractivity contribution in [2.45, 2.75) is 19.8 Å². The summed E-state index contributed by atoms with van der Waals surface area (Å²) < 4.78 is 10.8. The molecule has 1 aromatic carbocycles. The molecule has 0 bridgehead atoms. The maximum atomic E-state index is 7.70. The number of thiazole rings is 1. The largest absolute Gasteiger partial charge is 0.493 e. The zero-order chi connectivity index (χ0) is 15.4. The van der Waals surface area contributed by atoms with E-state index in [4.69, 9.17) is 20.6 Å². The van der Waals surface area contributed by atoms with Gasteiger partial charge in [0.1, 0.15) is 10.8 Å². The highest BCUT2D eigenvalue weighted by molar-refractivity contribution is 7.17. The van der Waals surface area contributed by atoms with E-state index in [2.05, 4.69) is 11.9 Å². The number of nitrogen functional groups attached to an aromatic ring is 1. The maximum Gasteiger partial charge on any atom is 0.170 e. The van der Waals surface area contributed by atoms with Gasteiger partial charge in [0, 0.05) is 0 Å². The van der Waals surface area contributed by atoms with E-state index in [-0.39, 0.29) is 5.84 Å². The summed E-state index contributed by atoms with van der Waals surface area (Å²) in [5, 5.41) is 8.49. The SMILES string of the molecule is CCCc1nc(-c2cccc(OC)c2OC)sc1C(=N)N. The van der Waals surface area contributed by atoms with Gasteiger partial charge in [0.05, 0.1) is 30.4 Å². The minimum absolute atomic E-state index is 0.0593. The Morgan fingerprint density at radius 2 is 2.10 bits per heavy atom. The smallest absolute Gasteiger partial charge is 0.170 e. The van der Waals surface area contributed by atoms with Gasteiger partial charge in [0.15, 0.2) is 11.5 Å². The molecule has 112 valence electrons. The third kappa shape index (κ3) is 3.00. The molecular weight excluding hydrogens is 286 g/mol. The summed E-state index contributed by atoms with van der Waals surface area (Å²) in [5.41, 5.74) is 7.38. The van der Waals surface area contributed by atoms with Crippen molar-refractivity contribution in [1.29, 1.82) is 5.41 Å². The van der Waals surface area contributed by atoms with Gasteiger partial charge in [-0.25, -0.2) is 4.98 Å². The standard InChI is InChI=1S/C15H19N3O2S/c1-4-6-10-13(14(16)17)21-15(18-10)9-7-5-8-11(19-2)12(9)20-3/h5,7-8H,4,6H2,1-3H3,(H3,16,17). The quantitative estimate of drug-likeness (QED) is 0.635. The fourth-order valence-corrected chi connectivity index (χ4v) is 3.13. The first-order chi connectivity index (χ1) is 10.1. The van der Waals surface area contributed by atoms with Gasteiger partial charge in [-0.15, -0.1) is 11.3 Å². The number of hydrogen-bond acceptors (Lipinski definition) is 5. The van der Waals surface area contributed by atoms with Gasteiger partial charge in [0.25, 0.3) is 0 Å². The van der Waals surface area contributed by atoms with E-state index in [9.17, 15) is 0 Å². The van der Waals surface area contributed by atoms with E-state index in [1.54, 1.807) is 14.2 Å². The first-order valence-corrected chi connectivity index (χ1v) is 7.49. The Labute approximate surface area is 128 Å². The van der Waals surface area contributed by atoms with Gasteiger partial charge < -0.3 is 15.2 Å². The minimum Gasteiger partial charge on any atom is -0.493 e. The zero-order valence-corrected chi connectivity index (χ0v) is 13.2. The van der Waals surface area contributed by atoms with Crippen molar-refractivity contribution >= 4 is 17.2 Å². The van der Waals surface area contributed by atoms with E-state index in [1.807, 2.05) is 18.2 Å². The van der Waals surface area contributed by atoms with Crippen molar-refractivity contribution in [3.05, 3.63) is 28.8 Å². The Morgan fingerprint density at radius 3 is 2.67 bits per heavy atom. The van der Waals surface area contributed by atoms with E-state index >= 15 is 0 Å². The van der Waals surface area contributed by atoms with Crippen LogP contribution in [0.4, 0.5) is 0 Å². The van der Waals surface area contributed by atoms with Crippen molar-refractivity contribution in [1.82, 2.24) is 4.98 Å². The van der Waals surface area contributed by atoms with Crippen molar-refractivity contribution in [3.63, 3.8) is 0 Å². The molecule has 6 heteroatoms. The van der Waals surface area contributed by atoms with Crippen LogP contribution in [0.5, 0.6) is 11.5 Å². The van der Waals surface area contributed by atoms with Crippen molar-refractivity contribution in [2.24, 2.45) is 5.73 Å². The lowest BCUT2D eigenvalue weighted by Gasteiger charge is -2.10. The normalized spacial score (nSPS) is 10.4. The summed E-state index contributed by atoms with van der Waals surface area (Å²) in [4.78, 5) is 5.37. The van der Waals surface area contributed by atoms with Crippen LogP contribution < -0.4 is 15.2 Å². The number of nitrogens with zero attached hydrogens (tertiary/aromatic N) is 1. The summed E-state index contributed by atoms with van der Waals surface area (Å²) in [6.07, 6.45) is 1.76. The number of ether oxygens (including phenoxy) is 2. The van der Waals surface area contributed by atoms with Gasteiger partial charge in [-0.2, -0.15) is 0 Å². The zero-order valence-electron chi connectivity index (χ0n) is 12.4. The van der Waals surface area contributed by atoms with Gasteiger partial charge in [-0.1, -0.05) is 19.4 Å². The number of para-hydroxylation sites is 1. The van der Waals surface area contributed by atoms with Crippen LogP contribution in [0.2, 0.25) is 0 Å². The molecule has 0 spiro atoms. The van der Waals surface area contributed by atoms with Crippen molar-refractivity contribution in [2.75, 3.05) is 14.2 Å². The molecule has 0 atom stereocenters. The third-order valence-electron chi connectivity index (χ3n) is 3.06. The molecule has 5 nitrogen and oxygen atoms in total. The predicted molar refractivity (Wildman–Crippen MR) is 85.7 cm³/mol. The number of nitrogens with one attached hydrogen (secondary N) is 1. The molecule has 0 aliphatic rings. The second-order valence-corrected chi connectivity index (χ2v) is 5.50. The fraction of sp³-hybridized carbons (Fsp3) is 0.333. The van der Waals surface area contributed by atoms with Gasteiger partial charge in [-0.05, 0) is 18.6 Å². The van der Waals surface area contributed by atoms with Crippen LogP contribution >= 0.6 is 11.3 Å². The Bertz CT molecular complexity index is 652. The highest BCUT2D eigenvalue weighted by atomic mass is 32.1. The summed E-state index contributed by atoms with van der Waals surface area (Å²) >= 11 is 1.41. The maximum absolute atomic E-state index is 7.70. The monoisotopic (exact) mass is 305 g/mol. The fourth-order valence-electron chi connectivity index (χ4n) is 2.14. The van der Waals surface area contributed by atoms with Crippen LogP contribution in [0.1, 0.15) is 23.9 Å². The topological polar surface area (TPSA) is 81.2 Å². The lowest BCUT2D eigenvalue weighted by atomic mass is 10.2. The molecule has 0 aliphatic carbocycles. The molecule has 0 unspecified atom stereocenters. The summed E-state index contributed by atoms with van der Waals surface area (Å²) in [5.74, 6) is 1.36. The second kappa shape index (κ2) is 6.58. The first kappa shape index (κ1) is 15.3. The minimum atomic E-state index is 0.0593. The van der Waals surface area contributed by atoms with Gasteiger partial charge in [-0.3, -0.25) is 5.41 Å². The number of nitrogens with two attached hydrogens (primary N) is 1. The molecule has 3 N–H and O–H groups in total. The molecule has 0 saturated carbocycles. The highest BCUT2D eigenvalue weighted by Crippen LogP contribution is 2.40. The number of methoxy groups -OCH3 is 2. The number of hydrogen-bond donors (Lipinski definition) is 2. The highest BCUT2D eigenvalue weighted by Gasteiger charge is 2.18. The van der Waals surface area contributed by atoms with Crippen molar-refractivity contribution in [3.8, 4) is 22.1 Å². The third-order valence-corrected chi connectivity index (χ3v) is 4.23. The molecule has 0 amide bonds. The number of aromatic nitrogens is 1. The first-order valence-electron chi connectivity index (χ1n) is 6.67. The predicted octanol–water partition coefficient (Wildman–Crippen LogP) is 3.06. The Kier molecular flexibility index (Phi) is 4.80. The van der Waals surface area contributed by atoms with Crippen LogP contribution in [-0.4, -0.2) is 25.0 Å². The molecule has 21 heavy (non-hydrogen) atoms. The molecule has 2 rings (SSSR count). The summed E-state index contributed by atoms with van der Waals surface area (Å²) in [6, 6.07) is 5.67. The Balaban J connectivity index is 2.57. The average Bonchev–Trinajstić information content (AvgIpc) is 2.90. The molecule has 0 radical (unpaired) electrons. The Morgan fingerprint density at radius 1 is 1.33 bits per heavy atom. The van der Waals surface area contributed by atoms with Crippen LogP contribution in [-0.2, 0) is 6.42 Å². The summed E-state index contributed by atoms with van der Waals surface area (Å²) in [7, 11) is 3.21. The molecule has 1 aromatic heterocycles.